The van der Waals surface area contributed by atoms with Gasteiger partial charge < -0.3 is 20.2 Å². The molecule has 1 aliphatic heterocycles. The quantitative estimate of drug-likeness (QED) is 0.823. The van der Waals surface area contributed by atoms with Crippen molar-refractivity contribution < 1.29 is 5.11 Å². The highest BCUT2D eigenvalue weighted by Gasteiger charge is 2.25. The predicted octanol–water partition coefficient (Wildman–Crippen LogP) is 0.721. The summed E-state index contributed by atoms with van der Waals surface area (Å²) in [5.41, 5.74) is 0. The van der Waals surface area contributed by atoms with E-state index in [9.17, 15) is 5.11 Å². The molecule has 0 amide bonds. The fourth-order valence-corrected chi connectivity index (χ4v) is 2.51. The van der Waals surface area contributed by atoms with Gasteiger partial charge in [0.1, 0.15) is 0 Å². The van der Waals surface area contributed by atoms with Gasteiger partial charge in [0.2, 0.25) is 17.8 Å². The fourth-order valence-electron chi connectivity index (χ4n) is 2.51. The van der Waals surface area contributed by atoms with Crippen molar-refractivity contribution in [1.82, 2.24) is 15.0 Å². The third-order valence-corrected chi connectivity index (χ3v) is 3.58. The first-order valence-corrected chi connectivity index (χ1v) is 7.14. The Kier molecular flexibility index (Phi) is 4.94. The normalized spacial score (nSPS) is 19.0. The SMILES string of the molecule is CNc1nc(N(C)C)nc(N2CCCCC2CCO)n1. The summed E-state index contributed by atoms with van der Waals surface area (Å²) in [5.74, 6) is 1.92. The summed E-state index contributed by atoms with van der Waals surface area (Å²) in [5, 5.41) is 12.2. The molecule has 2 heterocycles. The van der Waals surface area contributed by atoms with E-state index in [0.717, 1.165) is 25.8 Å². The molecule has 7 heteroatoms. The third-order valence-electron chi connectivity index (χ3n) is 3.58. The molecule has 1 unspecified atom stereocenters. The number of hydrogen-bond donors (Lipinski definition) is 2. The molecule has 0 bridgehead atoms. The van der Waals surface area contributed by atoms with E-state index >= 15 is 0 Å². The second-order valence-corrected chi connectivity index (χ2v) is 5.26. The summed E-state index contributed by atoms with van der Waals surface area (Å²) in [7, 11) is 5.64. The maximum atomic E-state index is 9.23. The van der Waals surface area contributed by atoms with Crippen molar-refractivity contribution >= 4 is 17.8 Å². The number of hydrogen-bond acceptors (Lipinski definition) is 7. The lowest BCUT2D eigenvalue weighted by Crippen LogP contribution is -2.41. The molecule has 2 rings (SSSR count). The maximum Gasteiger partial charge on any atom is 0.232 e. The van der Waals surface area contributed by atoms with Gasteiger partial charge in [-0.05, 0) is 25.7 Å². The molecule has 1 fully saturated rings. The number of rotatable bonds is 5. The van der Waals surface area contributed by atoms with Crippen LogP contribution in [0.25, 0.3) is 0 Å². The van der Waals surface area contributed by atoms with Crippen LogP contribution in [0.4, 0.5) is 17.8 Å². The van der Waals surface area contributed by atoms with Gasteiger partial charge in [-0.2, -0.15) is 15.0 Å². The van der Waals surface area contributed by atoms with Gasteiger partial charge >= 0.3 is 0 Å². The molecule has 0 spiro atoms. The van der Waals surface area contributed by atoms with Gasteiger partial charge in [-0.3, -0.25) is 0 Å². The number of piperidine rings is 1. The highest BCUT2D eigenvalue weighted by Crippen LogP contribution is 2.25. The van der Waals surface area contributed by atoms with Crippen LogP contribution in [0.15, 0.2) is 0 Å². The third kappa shape index (κ3) is 3.27. The molecule has 0 radical (unpaired) electrons. The number of nitrogens with one attached hydrogen (secondary N) is 1. The van der Waals surface area contributed by atoms with Crippen LogP contribution < -0.4 is 15.1 Å². The van der Waals surface area contributed by atoms with Crippen molar-refractivity contribution in [3.05, 3.63) is 0 Å². The van der Waals surface area contributed by atoms with Crippen molar-refractivity contribution in [3.8, 4) is 0 Å². The van der Waals surface area contributed by atoms with Gasteiger partial charge in [0.05, 0.1) is 0 Å². The summed E-state index contributed by atoms with van der Waals surface area (Å²) in [6, 6.07) is 0.316. The maximum absolute atomic E-state index is 9.23. The Labute approximate surface area is 120 Å². The lowest BCUT2D eigenvalue weighted by molar-refractivity contribution is 0.261. The fraction of sp³-hybridized carbons (Fsp3) is 0.769. The molecule has 0 aliphatic carbocycles. The number of nitrogens with zero attached hydrogens (tertiary/aromatic N) is 5. The summed E-state index contributed by atoms with van der Waals surface area (Å²) >= 11 is 0. The Balaban J connectivity index is 2.31. The molecule has 1 saturated heterocycles. The number of anilines is 3. The second-order valence-electron chi connectivity index (χ2n) is 5.26. The smallest absolute Gasteiger partial charge is 0.232 e. The van der Waals surface area contributed by atoms with Gasteiger partial charge in [0.25, 0.3) is 0 Å². The van der Waals surface area contributed by atoms with E-state index in [2.05, 4.69) is 25.2 Å². The summed E-state index contributed by atoms with van der Waals surface area (Å²) in [6.45, 7) is 1.14. The number of aromatic nitrogens is 3. The standard InChI is InChI=1S/C13H24N6O/c1-14-11-15-12(18(2)3)17-13(16-11)19-8-5-4-6-10(19)7-9-20/h10,20H,4-9H2,1-3H3,(H,14,15,16,17). The van der Waals surface area contributed by atoms with E-state index in [4.69, 9.17) is 0 Å². The van der Waals surface area contributed by atoms with Crippen LogP contribution >= 0.6 is 0 Å². The minimum atomic E-state index is 0.200. The number of aliphatic hydroxyl groups excluding tert-OH is 1. The molecule has 1 atom stereocenters. The summed E-state index contributed by atoms with van der Waals surface area (Å²) < 4.78 is 0. The minimum absolute atomic E-state index is 0.200. The molecule has 0 aromatic carbocycles. The monoisotopic (exact) mass is 280 g/mol. The van der Waals surface area contributed by atoms with Crippen LogP contribution in [0.2, 0.25) is 0 Å². The molecule has 0 saturated carbocycles. The van der Waals surface area contributed by atoms with E-state index in [1.54, 1.807) is 7.05 Å². The van der Waals surface area contributed by atoms with E-state index in [1.165, 1.54) is 6.42 Å². The van der Waals surface area contributed by atoms with E-state index < -0.39 is 0 Å². The van der Waals surface area contributed by atoms with Gasteiger partial charge in [0, 0.05) is 40.3 Å². The van der Waals surface area contributed by atoms with Crippen molar-refractivity contribution in [2.24, 2.45) is 0 Å². The Morgan fingerprint density at radius 2 is 2.10 bits per heavy atom. The van der Waals surface area contributed by atoms with Crippen LogP contribution in [0.5, 0.6) is 0 Å². The molecular formula is C13H24N6O. The Morgan fingerprint density at radius 3 is 2.75 bits per heavy atom. The topological polar surface area (TPSA) is 77.4 Å². The van der Waals surface area contributed by atoms with E-state index in [-0.39, 0.29) is 6.61 Å². The van der Waals surface area contributed by atoms with E-state index in [0.29, 0.717) is 23.9 Å². The zero-order chi connectivity index (χ0) is 14.5. The number of aliphatic hydroxyl groups is 1. The van der Waals surface area contributed by atoms with Crippen molar-refractivity contribution in [2.45, 2.75) is 31.7 Å². The highest BCUT2D eigenvalue weighted by atomic mass is 16.3. The van der Waals surface area contributed by atoms with Crippen molar-refractivity contribution in [3.63, 3.8) is 0 Å². The Hall–Kier alpha value is -1.63. The molecule has 2 N–H and O–H groups in total. The molecular weight excluding hydrogens is 256 g/mol. The van der Waals surface area contributed by atoms with Gasteiger partial charge in [-0.15, -0.1) is 0 Å². The zero-order valence-electron chi connectivity index (χ0n) is 12.5. The average molecular weight is 280 g/mol. The average Bonchev–Trinajstić information content (AvgIpc) is 2.47. The molecule has 112 valence electrons. The lowest BCUT2D eigenvalue weighted by Gasteiger charge is -2.35. The second kappa shape index (κ2) is 6.69. The summed E-state index contributed by atoms with van der Waals surface area (Å²) in [4.78, 5) is 17.4. The van der Waals surface area contributed by atoms with Crippen molar-refractivity contribution in [1.29, 1.82) is 0 Å². The molecule has 20 heavy (non-hydrogen) atoms. The Bertz CT molecular complexity index is 437. The molecule has 1 aromatic rings. The van der Waals surface area contributed by atoms with Crippen LogP contribution in [0.3, 0.4) is 0 Å². The Morgan fingerprint density at radius 1 is 1.30 bits per heavy atom. The lowest BCUT2D eigenvalue weighted by atomic mass is 10.0. The highest BCUT2D eigenvalue weighted by molar-refractivity contribution is 5.45. The van der Waals surface area contributed by atoms with Crippen LogP contribution in [-0.4, -0.2) is 60.4 Å². The zero-order valence-corrected chi connectivity index (χ0v) is 12.5. The van der Waals surface area contributed by atoms with E-state index in [1.807, 2.05) is 19.0 Å². The van der Waals surface area contributed by atoms with Gasteiger partial charge in [0.15, 0.2) is 0 Å². The first kappa shape index (κ1) is 14.8. The first-order chi connectivity index (χ1) is 9.65. The largest absolute Gasteiger partial charge is 0.396 e. The van der Waals surface area contributed by atoms with Gasteiger partial charge in [-0.25, -0.2) is 0 Å². The van der Waals surface area contributed by atoms with Crippen LogP contribution in [0, 0.1) is 0 Å². The predicted molar refractivity (Wildman–Crippen MR) is 80.4 cm³/mol. The van der Waals surface area contributed by atoms with Crippen molar-refractivity contribution in [2.75, 3.05) is 49.4 Å². The molecule has 7 nitrogen and oxygen atoms in total. The minimum Gasteiger partial charge on any atom is -0.396 e. The van der Waals surface area contributed by atoms with Crippen LogP contribution in [-0.2, 0) is 0 Å². The summed E-state index contributed by atoms with van der Waals surface area (Å²) in [6.07, 6.45) is 4.18. The van der Waals surface area contributed by atoms with Crippen LogP contribution in [0.1, 0.15) is 25.7 Å². The first-order valence-electron chi connectivity index (χ1n) is 7.14. The molecule has 1 aliphatic rings. The molecule has 1 aromatic heterocycles. The van der Waals surface area contributed by atoms with Gasteiger partial charge in [-0.1, -0.05) is 0 Å².